The predicted molar refractivity (Wildman–Crippen MR) is 105 cm³/mol. The van der Waals surface area contributed by atoms with Crippen molar-refractivity contribution in [2.45, 2.75) is 19.4 Å². The van der Waals surface area contributed by atoms with Gasteiger partial charge in [-0.2, -0.15) is 5.10 Å². The Morgan fingerprint density at radius 2 is 2.14 bits per heavy atom. The number of hydrogen-bond acceptors (Lipinski definition) is 4. The van der Waals surface area contributed by atoms with Crippen molar-refractivity contribution in [2.24, 2.45) is 0 Å². The zero-order valence-corrected chi connectivity index (χ0v) is 15.5. The fourth-order valence-electron chi connectivity index (χ4n) is 3.33. The molecule has 0 spiro atoms. The van der Waals surface area contributed by atoms with Crippen LogP contribution >= 0.6 is 0 Å². The van der Waals surface area contributed by atoms with Gasteiger partial charge in [0.1, 0.15) is 0 Å². The van der Waals surface area contributed by atoms with Crippen molar-refractivity contribution in [1.82, 2.24) is 20.1 Å². The number of halogens is 1. The van der Waals surface area contributed by atoms with E-state index in [-0.39, 0.29) is 17.9 Å². The van der Waals surface area contributed by atoms with Crippen LogP contribution < -0.4 is 15.5 Å². The Kier molecular flexibility index (Phi) is 4.92. The van der Waals surface area contributed by atoms with Gasteiger partial charge in [-0.15, -0.1) is 0 Å². The molecule has 4 rings (SSSR count). The average Bonchev–Trinajstić information content (AvgIpc) is 3.36. The van der Waals surface area contributed by atoms with Gasteiger partial charge in [0, 0.05) is 43.4 Å². The van der Waals surface area contributed by atoms with E-state index < -0.39 is 0 Å². The van der Waals surface area contributed by atoms with Gasteiger partial charge in [-0.25, -0.2) is 18.9 Å². The van der Waals surface area contributed by atoms with Crippen LogP contribution in [0.2, 0.25) is 0 Å². The molecule has 0 saturated carbocycles. The van der Waals surface area contributed by atoms with E-state index in [4.69, 9.17) is 0 Å². The summed E-state index contributed by atoms with van der Waals surface area (Å²) >= 11 is 0. The largest absolute Gasteiger partial charge is 0.352 e. The molecule has 2 N–H and O–H groups in total. The van der Waals surface area contributed by atoms with E-state index >= 15 is 0 Å². The molecule has 0 bridgehead atoms. The molecule has 0 aliphatic carbocycles. The van der Waals surface area contributed by atoms with Gasteiger partial charge in [0.05, 0.1) is 5.69 Å². The first-order chi connectivity index (χ1) is 13.6. The number of pyridine rings is 1. The average molecular weight is 380 g/mol. The van der Waals surface area contributed by atoms with Crippen LogP contribution in [-0.4, -0.2) is 39.9 Å². The van der Waals surface area contributed by atoms with Crippen molar-refractivity contribution in [3.05, 3.63) is 66.4 Å². The van der Waals surface area contributed by atoms with Crippen molar-refractivity contribution in [1.29, 1.82) is 0 Å². The monoisotopic (exact) mass is 380 g/mol. The van der Waals surface area contributed by atoms with Crippen LogP contribution in [0.15, 0.2) is 55.0 Å². The van der Waals surface area contributed by atoms with Crippen molar-refractivity contribution in [3.63, 3.8) is 0 Å². The van der Waals surface area contributed by atoms with Crippen molar-refractivity contribution in [2.75, 3.05) is 23.3 Å². The molecular formula is C20H21FN6O. The highest BCUT2D eigenvalue weighted by atomic mass is 19.1. The molecule has 2 amide bonds. The first-order valence-electron chi connectivity index (χ1n) is 9.14. The number of benzene rings is 1. The van der Waals surface area contributed by atoms with E-state index in [1.54, 1.807) is 23.1 Å². The molecule has 28 heavy (non-hydrogen) atoms. The highest BCUT2D eigenvalue weighted by Crippen LogP contribution is 2.22. The third-order valence-corrected chi connectivity index (χ3v) is 4.80. The maximum Gasteiger partial charge on any atom is 0.319 e. The molecule has 1 aliphatic heterocycles. The SMILES string of the molecule is Cc1ccc(-n2cccn2)cc1NC(=O)N[C@H]1CCN(c2ncccc2F)C1. The molecule has 1 atom stereocenters. The smallest absolute Gasteiger partial charge is 0.319 e. The van der Waals surface area contributed by atoms with Gasteiger partial charge in [0.2, 0.25) is 0 Å². The first kappa shape index (κ1) is 18.0. The molecule has 144 valence electrons. The fraction of sp³-hybridized carbons (Fsp3) is 0.250. The van der Waals surface area contributed by atoms with E-state index in [1.165, 1.54) is 6.07 Å². The van der Waals surface area contributed by atoms with Gasteiger partial charge in [-0.1, -0.05) is 6.07 Å². The van der Waals surface area contributed by atoms with Crippen molar-refractivity contribution < 1.29 is 9.18 Å². The predicted octanol–water partition coefficient (Wildman–Crippen LogP) is 3.12. The number of rotatable bonds is 4. The lowest BCUT2D eigenvalue weighted by atomic mass is 10.2. The maximum atomic E-state index is 13.9. The summed E-state index contributed by atoms with van der Waals surface area (Å²) in [6, 6.07) is 10.2. The lowest BCUT2D eigenvalue weighted by Gasteiger charge is -2.19. The Hall–Kier alpha value is -3.42. The van der Waals surface area contributed by atoms with Crippen LogP contribution in [0.3, 0.4) is 0 Å². The Morgan fingerprint density at radius 3 is 2.93 bits per heavy atom. The van der Waals surface area contributed by atoms with Gasteiger partial charge < -0.3 is 15.5 Å². The summed E-state index contributed by atoms with van der Waals surface area (Å²) in [5.74, 6) is -0.0198. The summed E-state index contributed by atoms with van der Waals surface area (Å²) in [6.45, 7) is 3.10. The highest BCUT2D eigenvalue weighted by molar-refractivity contribution is 5.90. The topological polar surface area (TPSA) is 75.1 Å². The number of aromatic nitrogens is 3. The number of anilines is 2. The molecule has 0 unspecified atom stereocenters. The number of hydrogen-bond donors (Lipinski definition) is 2. The minimum absolute atomic E-state index is 0.0731. The van der Waals surface area contributed by atoms with Crippen LogP contribution in [0.4, 0.5) is 20.7 Å². The van der Waals surface area contributed by atoms with Crippen LogP contribution in [0, 0.1) is 12.7 Å². The molecule has 3 aromatic rings. The van der Waals surface area contributed by atoms with Crippen LogP contribution in [-0.2, 0) is 0 Å². The molecule has 3 heterocycles. The Balaban J connectivity index is 1.39. The van der Waals surface area contributed by atoms with Crippen molar-refractivity contribution in [3.8, 4) is 5.69 Å². The third-order valence-electron chi connectivity index (χ3n) is 4.80. The number of nitrogens with zero attached hydrogens (tertiary/aromatic N) is 4. The van der Waals surface area contributed by atoms with E-state index in [9.17, 15) is 9.18 Å². The van der Waals surface area contributed by atoms with Crippen molar-refractivity contribution >= 4 is 17.5 Å². The van der Waals surface area contributed by atoms with Gasteiger partial charge in [-0.05, 0) is 49.2 Å². The fourth-order valence-corrected chi connectivity index (χ4v) is 3.33. The molecule has 2 aromatic heterocycles. The Bertz CT molecular complexity index is 975. The molecular weight excluding hydrogens is 359 g/mol. The summed E-state index contributed by atoms with van der Waals surface area (Å²) in [5.41, 5.74) is 2.54. The molecule has 1 aromatic carbocycles. The minimum Gasteiger partial charge on any atom is -0.352 e. The Morgan fingerprint density at radius 1 is 1.25 bits per heavy atom. The van der Waals surface area contributed by atoms with Gasteiger partial charge in [0.15, 0.2) is 11.6 Å². The lowest BCUT2D eigenvalue weighted by Crippen LogP contribution is -2.40. The van der Waals surface area contributed by atoms with Crippen LogP contribution in [0.1, 0.15) is 12.0 Å². The number of amides is 2. The zero-order chi connectivity index (χ0) is 19.5. The minimum atomic E-state index is -0.348. The number of urea groups is 1. The second kappa shape index (κ2) is 7.67. The molecule has 1 saturated heterocycles. The molecule has 8 heteroatoms. The second-order valence-electron chi connectivity index (χ2n) is 6.79. The molecule has 7 nitrogen and oxygen atoms in total. The summed E-state index contributed by atoms with van der Waals surface area (Å²) in [6.07, 6.45) is 5.85. The quantitative estimate of drug-likeness (QED) is 0.729. The first-order valence-corrected chi connectivity index (χ1v) is 9.14. The van der Waals surface area contributed by atoms with Gasteiger partial charge in [0.25, 0.3) is 0 Å². The lowest BCUT2D eigenvalue weighted by molar-refractivity contribution is 0.249. The van der Waals surface area contributed by atoms with Gasteiger partial charge in [-0.3, -0.25) is 0 Å². The zero-order valence-electron chi connectivity index (χ0n) is 15.5. The highest BCUT2D eigenvalue weighted by Gasteiger charge is 2.26. The summed E-state index contributed by atoms with van der Waals surface area (Å²) in [7, 11) is 0. The normalized spacial score (nSPS) is 16.2. The summed E-state index contributed by atoms with van der Waals surface area (Å²) in [4.78, 5) is 18.4. The summed E-state index contributed by atoms with van der Waals surface area (Å²) in [5, 5.41) is 10.1. The Labute approximate surface area is 162 Å². The number of nitrogens with one attached hydrogen (secondary N) is 2. The molecule has 1 fully saturated rings. The van der Waals surface area contributed by atoms with E-state index in [0.717, 1.165) is 23.4 Å². The number of carbonyl (C=O) groups is 1. The second-order valence-corrected chi connectivity index (χ2v) is 6.79. The maximum absolute atomic E-state index is 13.9. The van der Waals surface area contributed by atoms with E-state index in [2.05, 4.69) is 20.7 Å². The van der Waals surface area contributed by atoms with Crippen LogP contribution in [0.5, 0.6) is 0 Å². The van der Waals surface area contributed by atoms with E-state index in [0.29, 0.717) is 18.9 Å². The summed E-state index contributed by atoms with van der Waals surface area (Å²) < 4.78 is 15.6. The van der Waals surface area contributed by atoms with E-state index in [1.807, 2.05) is 42.3 Å². The number of aryl methyl sites for hydroxylation is 1. The molecule has 0 radical (unpaired) electrons. The van der Waals surface area contributed by atoms with Gasteiger partial charge >= 0.3 is 6.03 Å². The standard InChI is InChI=1S/C20H21FN6O/c1-14-5-6-16(27-10-3-9-23-27)12-18(14)25-20(28)24-15-7-11-26(13-15)19-17(21)4-2-8-22-19/h2-6,8-10,12,15H,7,11,13H2,1H3,(H2,24,25,28)/t15-/m0/s1. The number of carbonyl (C=O) groups excluding carboxylic acids is 1. The third kappa shape index (κ3) is 3.80. The van der Waals surface area contributed by atoms with Crippen LogP contribution in [0.25, 0.3) is 5.69 Å². The molecule has 1 aliphatic rings.